The Bertz CT molecular complexity index is 514. The summed E-state index contributed by atoms with van der Waals surface area (Å²) in [5.74, 6) is 0.727. The average molecular weight is 368 g/mol. The SMILES string of the molecule is CC(Oc1cccc(Cl)c1Cl)C(=O)NC1CNCCC1C.Cl. The molecule has 1 aromatic rings. The molecule has 1 aliphatic rings. The van der Waals surface area contributed by atoms with Gasteiger partial charge >= 0.3 is 0 Å². The van der Waals surface area contributed by atoms with Crippen molar-refractivity contribution >= 4 is 41.5 Å². The molecule has 3 unspecified atom stereocenters. The van der Waals surface area contributed by atoms with Gasteiger partial charge in [-0.3, -0.25) is 4.79 Å². The van der Waals surface area contributed by atoms with Gasteiger partial charge in [-0.05, 0) is 37.9 Å². The smallest absolute Gasteiger partial charge is 0.261 e. The van der Waals surface area contributed by atoms with Gasteiger partial charge in [0, 0.05) is 12.6 Å². The number of amides is 1. The van der Waals surface area contributed by atoms with Crippen LogP contribution in [0.4, 0.5) is 0 Å². The number of nitrogens with one attached hydrogen (secondary N) is 2. The summed E-state index contributed by atoms with van der Waals surface area (Å²) in [6.45, 7) is 5.63. The van der Waals surface area contributed by atoms with Crippen LogP contribution in [0.5, 0.6) is 5.75 Å². The molecule has 3 atom stereocenters. The Labute approximate surface area is 147 Å². The molecule has 22 heavy (non-hydrogen) atoms. The standard InChI is InChI=1S/C15H20Cl2N2O2.ClH/c1-9-6-7-18-8-12(9)19-15(20)10(2)21-13-5-3-4-11(16)14(13)17;/h3-5,9-10,12,18H,6-8H2,1-2H3,(H,19,20);1H. The van der Waals surface area contributed by atoms with E-state index in [0.717, 1.165) is 19.5 Å². The largest absolute Gasteiger partial charge is 0.479 e. The summed E-state index contributed by atoms with van der Waals surface area (Å²) in [4.78, 5) is 12.2. The van der Waals surface area contributed by atoms with Crippen molar-refractivity contribution in [3.05, 3.63) is 28.2 Å². The zero-order valence-corrected chi connectivity index (χ0v) is 14.9. The minimum Gasteiger partial charge on any atom is -0.479 e. The van der Waals surface area contributed by atoms with Gasteiger partial charge in [0.05, 0.1) is 5.02 Å². The maximum absolute atomic E-state index is 12.2. The van der Waals surface area contributed by atoms with Gasteiger partial charge in [-0.15, -0.1) is 12.4 Å². The van der Waals surface area contributed by atoms with Crippen LogP contribution in [-0.2, 0) is 4.79 Å². The van der Waals surface area contributed by atoms with Crippen molar-refractivity contribution in [3.8, 4) is 5.75 Å². The molecular weight excluding hydrogens is 347 g/mol. The van der Waals surface area contributed by atoms with E-state index >= 15 is 0 Å². The predicted molar refractivity (Wildman–Crippen MR) is 92.4 cm³/mol. The monoisotopic (exact) mass is 366 g/mol. The number of carbonyl (C=O) groups excluding carboxylic acids is 1. The molecule has 0 saturated carbocycles. The topological polar surface area (TPSA) is 50.4 Å². The molecular formula is C15H21Cl3N2O2. The molecule has 2 N–H and O–H groups in total. The molecule has 1 saturated heterocycles. The first-order valence-corrected chi connectivity index (χ1v) is 7.86. The summed E-state index contributed by atoms with van der Waals surface area (Å²) < 4.78 is 5.62. The Morgan fingerprint density at radius 2 is 2.18 bits per heavy atom. The summed E-state index contributed by atoms with van der Waals surface area (Å²) in [6, 6.07) is 5.24. The van der Waals surface area contributed by atoms with Crippen molar-refractivity contribution < 1.29 is 9.53 Å². The number of hydrogen-bond donors (Lipinski definition) is 2. The zero-order valence-electron chi connectivity index (χ0n) is 12.6. The number of benzene rings is 1. The second kappa shape index (κ2) is 8.82. The molecule has 2 rings (SSSR count). The first-order valence-electron chi connectivity index (χ1n) is 7.10. The predicted octanol–water partition coefficient (Wildman–Crippen LogP) is 3.30. The van der Waals surface area contributed by atoms with Crippen molar-refractivity contribution in [2.45, 2.75) is 32.4 Å². The van der Waals surface area contributed by atoms with E-state index in [9.17, 15) is 4.79 Å². The molecule has 7 heteroatoms. The lowest BCUT2D eigenvalue weighted by Gasteiger charge is -2.31. The molecule has 0 radical (unpaired) electrons. The van der Waals surface area contributed by atoms with Crippen LogP contribution in [0.25, 0.3) is 0 Å². The second-order valence-electron chi connectivity index (χ2n) is 5.40. The van der Waals surface area contributed by atoms with Crippen LogP contribution < -0.4 is 15.4 Å². The van der Waals surface area contributed by atoms with E-state index in [-0.39, 0.29) is 24.4 Å². The fourth-order valence-corrected chi connectivity index (χ4v) is 2.64. The first-order chi connectivity index (χ1) is 9.99. The lowest BCUT2D eigenvalue weighted by atomic mass is 9.95. The molecule has 124 valence electrons. The van der Waals surface area contributed by atoms with E-state index in [1.807, 2.05) is 0 Å². The van der Waals surface area contributed by atoms with Gasteiger partial charge < -0.3 is 15.4 Å². The maximum Gasteiger partial charge on any atom is 0.261 e. The van der Waals surface area contributed by atoms with E-state index in [1.165, 1.54) is 0 Å². The van der Waals surface area contributed by atoms with E-state index in [1.54, 1.807) is 25.1 Å². The molecule has 1 heterocycles. The van der Waals surface area contributed by atoms with Crippen molar-refractivity contribution in [2.75, 3.05) is 13.1 Å². The third-order valence-corrected chi connectivity index (χ3v) is 4.55. The lowest BCUT2D eigenvalue weighted by Crippen LogP contribution is -2.52. The van der Waals surface area contributed by atoms with Crippen LogP contribution in [0.2, 0.25) is 10.0 Å². The summed E-state index contributed by atoms with van der Waals surface area (Å²) in [7, 11) is 0. The summed E-state index contributed by atoms with van der Waals surface area (Å²) in [6.07, 6.45) is 0.426. The number of hydrogen-bond acceptors (Lipinski definition) is 3. The van der Waals surface area contributed by atoms with Gasteiger partial charge in [-0.2, -0.15) is 0 Å². The minimum atomic E-state index is -0.630. The van der Waals surface area contributed by atoms with E-state index in [4.69, 9.17) is 27.9 Å². The maximum atomic E-state index is 12.2. The van der Waals surface area contributed by atoms with Crippen LogP contribution in [0.1, 0.15) is 20.3 Å². The highest BCUT2D eigenvalue weighted by molar-refractivity contribution is 6.42. The van der Waals surface area contributed by atoms with E-state index in [2.05, 4.69) is 17.6 Å². The number of carbonyl (C=O) groups is 1. The zero-order chi connectivity index (χ0) is 15.4. The number of ether oxygens (including phenoxy) is 1. The number of rotatable bonds is 4. The van der Waals surface area contributed by atoms with Crippen molar-refractivity contribution in [1.82, 2.24) is 10.6 Å². The normalized spacial score (nSPS) is 22.4. The Kier molecular flexibility index (Phi) is 7.77. The number of piperidine rings is 1. The average Bonchev–Trinajstić information content (AvgIpc) is 2.46. The van der Waals surface area contributed by atoms with Gasteiger partial charge in [-0.25, -0.2) is 0 Å². The van der Waals surface area contributed by atoms with E-state index < -0.39 is 6.10 Å². The quantitative estimate of drug-likeness (QED) is 0.858. The minimum absolute atomic E-state index is 0. The highest BCUT2D eigenvalue weighted by Crippen LogP contribution is 2.32. The molecule has 1 aromatic carbocycles. The Balaban J connectivity index is 0.00000242. The highest BCUT2D eigenvalue weighted by atomic mass is 35.5. The van der Waals surface area contributed by atoms with Gasteiger partial charge in [0.25, 0.3) is 5.91 Å². The van der Waals surface area contributed by atoms with Crippen LogP contribution in [-0.4, -0.2) is 31.1 Å². The van der Waals surface area contributed by atoms with Crippen molar-refractivity contribution in [3.63, 3.8) is 0 Å². The van der Waals surface area contributed by atoms with Crippen LogP contribution in [0.15, 0.2) is 18.2 Å². The van der Waals surface area contributed by atoms with Gasteiger partial charge in [0.1, 0.15) is 10.8 Å². The van der Waals surface area contributed by atoms with Gasteiger partial charge in [0.15, 0.2) is 6.10 Å². The third-order valence-electron chi connectivity index (χ3n) is 3.74. The molecule has 1 amide bonds. The third kappa shape index (κ3) is 4.92. The molecule has 0 aliphatic carbocycles. The molecule has 0 bridgehead atoms. The van der Waals surface area contributed by atoms with Gasteiger partial charge in [0.2, 0.25) is 0 Å². The molecule has 1 fully saturated rings. The lowest BCUT2D eigenvalue weighted by molar-refractivity contribution is -0.128. The van der Waals surface area contributed by atoms with E-state index in [0.29, 0.717) is 21.7 Å². The summed E-state index contributed by atoms with van der Waals surface area (Å²) in [5.41, 5.74) is 0. The summed E-state index contributed by atoms with van der Waals surface area (Å²) in [5, 5.41) is 7.04. The van der Waals surface area contributed by atoms with Crippen LogP contribution in [0.3, 0.4) is 0 Å². The second-order valence-corrected chi connectivity index (χ2v) is 6.18. The van der Waals surface area contributed by atoms with Crippen molar-refractivity contribution in [2.24, 2.45) is 5.92 Å². The Morgan fingerprint density at radius 1 is 1.45 bits per heavy atom. The Hall–Kier alpha value is -0.680. The summed E-state index contributed by atoms with van der Waals surface area (Å²) >= 11 is 12.0. The first kappa shape index (κ1) is 19.4. The molecule has 0 aromatic heterocycles. The number of halogens is 3. The highest BCUT2D eigenvalue weighted by Gasteiger charge is 2.25. The Morgan fingerprint density at radius 3 is 2.86 bits per heavy atom. The van der Waals surface area contributed by atoms with Crippen LogP contribution >= 0.6 is 35.6 Å². The molecule has 1 aliphatic heterocycles. The van der Waals surface area contributed by atoms with Gasteiger partial charge in [-0.1, -0.05) is 36.2 Å². The van der Waals surface area contributed by atoms with Crippen molar-refractivity contribution in [1.29, 1.82) is 0 Å². The fraction of sp³-hybridized carbons (Fsp3) is 0.533. The van der Waals surface area contributed by atoms with Crippen LogP contribution in [0, 0.1) is 5.92 Å². The molecule has 0 spiro atoms. The fourth-order valence-electron chi connectivity index (χ4n) is 2.30. The molecule has 4 nitrogen and oxygen atoms in total.